The van der Waals surface area contributed by atoms with Crippen LogP contribution >= 0.6 is 27.5 Å². The molecule has 0 fully saturated rings. The number of benzene rings is 1. The van der Waals surface area contributed by atoms with Crippen LogP contribution in [-0.4, -0.2) is 5.78 Å². The summed E-state index contributed by atoms with van der Waals surface area (Å²) in [5.74, 6) is -0.719. The zero-order valence-corrected chi connectivity index (χ0v) is 11.1. The van der Waals surface area contributed by atoms with E-state index < -0.39 is 11.6 Å². The number of halogens is 3. The van der Waals surface area contributed by atoms with Crippen molar-refractivity contribution in [2.75, 3.05) is 0 Å². The van der Waals surface area contributed by atoms with Gasteiger partial charge in [-0.1, -0.05) is 11.6 Å². The largest absolute Gasteiger partial charge is 0.469 e. The van der Waals surface area contributed by atoms with E-state index in [4.69, 9.17) is 16.0 Å². The molecule has 0 N–H and O–H groups in total. The molecule has 0 radical (unpaired) electrons. The van der Waals surface area contributed by atoms with Gasteiger partial charge in [-0.25, -0.2) is 4.39 Å². The van der Waals surface area contributed by atoms with E-state index in [1.54, 1.807) is 6.92 Å². The van der Waals surface area contributed by atoms with E-state index in [2.05, 4.69) is 15.9 Å². The average Bonchev–Trinajstić information content (AvgIpc) is 2.72. The minimum Gasteiger partial charge on any atom is -0.469 e. The van der Waals surface area contributed by atoms with Gasteiger partial charge in [0.15, 0.2) is 11.6 Å². The van der Waals surface area contributed by atoms with E-state index in [9.17, 15) is 9.18 Å². The van der Waals surface area contributed by atoms with Crippen molar-refractivity contribution in [3.63, 3.8) is 0 Å². The Balaban J connectivity index is 2.53. The van der Waals surface area contributed by atoms with Crippen LogP contribution in [-0.2, 0) is 0 Å². The van der Waals surface area contributed by atoms with E-state index >= 15 is 0 Å². The number of furan rings is 1. The average molecular weight is 318 g/mol. The highest BCUT2D eigenvalue weighted by Crippen LogP contribution is 2.29. The van der Waals surface area contributed by atoms with Crippen molar-refractivity contribution >= 4 is 33.3 Å². The molecule has 1 aromatic carbocycles. The summed E-state index contributed by atoms with van der Waals surface area (Å²) >= 11 is 8.82. The highest BCUT2D eigenvalue weighted by Gasteiger charge is 2.20. The van der Waals surface area contributed by atoms with Gasteiger partial charge in [-0.3, -0.25) is 4.79 Å². The van der Waals surface area contributed by atoms with Gasteiger partial charge in [-0.05, 0) is 41.1 Å². The van der Waals surface area contributed by atoms with Crippen LogP contribution in [0.25, 0.3) is 0 Å². The van der Waals surface area contributed by atoms with Crippen LogP contribution in [0.5, 0.6) is 0 Å². The van der Waals surface area contributed by atoms with Crippen molar-refractivity contribution in [2.45, 2.75) is 6.92 Å². The van der Waals surface area contributed by atoms with Crippen LogP contribution in [0.4, 0.5) is 4.39 Å². The lowest BCUT2D eigenvalue weighted by Crippen LogP contribution is -2.05. The van der Waals surface area contributed by atoms with E-state index in [0.717, 1.165) is 0 Å². The molecule has 17 heavy (non-hydrogen) atoms. The third-order valence-corrected chi connectivity index (χ3v) is 3.64. The molecule has 0 atom stereocenters. The Kier molecular flexibility index (Phi) is 3.35. The highest BCUT2D eigenvalue weighted by molar-refractivity contribution is 9.10. The quantitative estimate of drug-likeness (QED) is 0.608. The van der Waals surface area contributed by atoms with Gasteiger partial charge in [0.2, 0.25) is 0 Å². The summed E-state index contributed by atoms with van der Waals surface area (Å²) in [5.41, 5.74) is 0.269. The highest BCUT2D eigenvalue weighted by atomic mass is 79.9. The Morgan fingerprint density at radius 2 is 2.06 bits per heavy atom. The molecule has 0 bridgehead atoms. The minimum atomic E-state index is -0.730. The molecule has 0 aliphatic carbocycles. The Bertz CT molecular complexity index is 592. The fourth-order valence-corrected chi connectivity index (χ4v) is 1.94. The zero-order valence-electron chi connectivity index (χ0n) is 8.76. The second-order valence-corrected chi connectivity index (χ2v) is 4.67. The molecule has 2 aromatic rings. The second-order valence-electron chi connectivity index (χ2n) is 3.44. The van der Waals surface area contributed by atoms with E-state index in [0.29, 0.717) is 15.8 Å². The summed E-state index contributed by atoms with van der Waals surface area (Å²) in [7, 11) is 0. The van der Waals surface area contributed by atoms with Gasteiger partial charge in [-0.15, -0.1) is 0 Å². The molecular weight excluding hydrogens is 310 g/mol. The van der Waals surface area contributed by atoms with Crippen molar-refractivity contribution < 1.29 is 13.6 Å². The summed E-state index contributed by atoms with van der Waals surface area (Å²) in [6.45, 7) is 1.64. The predicted octanol–water partition coefficient (Wildman–Crippen LogP) is 4.37. The maximum atomic E-state index is 13.8. The Hall–Kier alpha value is -1.13. The van der Waals surface area contributed by atoms with Gasteiger partial charge < -0.3 is 4.42 Å². The number of carbonyl (C=O) groups excluding carboxylic acids is 1. The van der Waals surface area contributed by atoms with Crippen molar-refractivity contribution in [2.24, 2.45) is 0 Å². The first-order valence-corrected chi connectivity index (χ1v) is 5.91. The third-order valence-electron chi connectivity index (χ3n) is 2.38. The molecule has 1 aromatic heterocycles. The SMILES string of the molecule is Cc1occc1C(=O)c1ccc(Br)c(Cl)c1F. The Morgan fingerprint density at radius 1 is 1.35 bits per heavy atom. The molecule has 2 nitrogen and oxygen atoms in total. The van der Waals surface area contributed by atoms with Crippen LogP contribution < -0.4 is 0 Å². The molecule has 0 aliphatic heterocycles. The fraction of sp³-hybridized carbons (Fsp3) is 0.0833. The van der Waals surface area contributed by atoms with Gasteiger partial charge in [0.1, 0.15) is 5.76 Å². The maximum absolute atomic E-state index is 13.8. The van der Waals surface area contributed by atoms with Gasteiger partial charge in [-0.2, -0.15) is 0 Å². The molecule has 5 heteroatoms. The molecular formula is C12H7BrClFO2. The van der Waals surface area contributed by atoms with Crippen molar-refractivity contribution in [1.29, 1.82) is 0 Å². The van der Waals surface area contributed by atoms with Gasteiger partial charge in [0, 0.05) is 4.47 Å². The molecule has 0 spiro atoms. The number of hydrogen-bond donors (Lipinski definition) is 0. The minimum absolute atomic E-state index is 0.0669. The number of aryl methyl sites for hydroxylation is 1. The standard InChI is InChI=1S/C12H7BrClFO2/c1-6-7(4-5-17-6)12(16)8-2-3-9(13)10(14)11(8)15/h2-5H,1H3. The molecule has 0 amide bonds. The van der Waals surface area contributed by atoms with Gasteiger partial charge in [0.05, 0.1) is 22.4 Å². The smallest absolute Gasteiger partial charge is 0.199 e. The zero-order chi connectivity index (χ0) is 12.6. The van der Waals surface area contributed by atoms with Crippen LogP contribution in [0.3, 0.4) is 0 Å². The summed E-state index contributed by atoms with van der Waals surface area (Å²) in [5, 5.41) is -0.100. The van der Waals surface area contributed by atoms with Crippen LogP contribution in [0.1, 0.15) is 21.7 Å². The number of ketones is 1. The van der Waals surface area contributed by atoms with Crippen molar-refractivity contribution in [3.8, 4) is 0 Å². The van der Waals surface area contributed by atoms with Gasteiger partial charge >= 0.3 is 0 Å². The van der Waals surface area contributed by atoms with Crippen molar-refractivity contribution in [1.82, 2.24) is 0 Å². The van der Waals surface area contributed by atoms with Crippen LogP contribution in [0, 0.1) is 12.7 Å². The normalized spacial score (nSPS) is 10.6. The fourth-order valence-electron chi connectivity index (χ4n) is 1.47. The third kappa shape index (κ3) is 2.15. The van der Waals surface area contributed by atoms with E-state index in [-0.39, 0.29) is 10.6 Å². The lowest BCUT2D eigenvalue weighted by molar-refractivity contribution is 0.103. The first kappa shape index (κ1) is 12.3. The second kappa shape index (κ2) is 4.63. The molecule has 88 valence electrons. The molecule has 0 saturated heterocycles. The molecule has 0 saturated carbocycles. The summed E-state index contributed by atoms with van der Waals surface area (Å²) < 4.78 is 19.3. The molecule has 1 heterocycles. The van der Waals surface area contributed by atoms with Crippen molar-refractivity contribution in [3.05, 3.63) is 56.7 Å². The topological polar surface area (TPSA) is 30.2 Å². The lowest BCUT2D eigenvalue weighted by atomic mass is 10.0. The summed E-state index contributed by atoms with van der Waals surface area (Å²) in [4.78, 5) is 12.0. The van der Waals surface area contributed by atoms with Gasteiger partial charge in [0.25, 0.3) is 0 Å². The lowest BCUT2D eigenvalue weighted by Gasteiger charge is -2.04. The van der Waals surface area contributed by atoms with Crippen LogP contribution in [0.2, 0.25) is 5.02 Å². The Labute approximate surface area is 111 Å². The number of hydrogen-bond acceptors (Lipinski definition) is 2. The predicted molar refractivity (Wildman–Crippen MR) is 66.0 cm³/mol. The number of carbonyl (C=O) groups is 1. The maximum Gasteiger partial charge on any atom is 0.199 e. The van der Waals surface area contributed by atoms with E-state index in [1.807, 2.05) is 0 Å². The first-order chi connectivity index (χ1) is 8.02. The summed E-state index contributed by atoms with van der Waals surface area (Å²) in [6, 6.07) is 4.43. The molecule has 2 rings (SSSR count). The molecule has 0 unspecified atom stereocenters. The monoisotopic (exact) mass is 316 g/mol. The first-order valence-electron chi connectivity index (χ1n) is 4.74. The Morgan fingerprint density at radius 3 is 2.65 bits per heavy atom. The number of rotatable bonds is 2. The van der Waals surface area contributed by atoms with E-state index in [1.165, 1.54) is 24.5 Å². The molecule has 0 aliphatic rings. The summed E-state index contributed by atoms with van der Waals surface area (Å²) in [6.07, 6.45) is 1.39. The van der Waals surface area contributed by atoms with Crippen LogP contribution in [0.15, 0.2) is 33.4 Å².